The van der Waals surface area contributed by atoms with Gasteiger partial charge in [0.05, 0.1) is 27.4 Å². The molecule has 4 heteroatoms. The average molecular weight is 285 g/mol. The fourth-order valence-electron chi connectivity index (χ4n) is 2.48. The van der Waals surface area contributed by atoms with E-state index in [1.54, 1.807) is 14.2 Å². The first-order chi connectivity index (χ1) is 10.3. The molecule has 0 atom stereocenters. The van der Waals surface area contributed by atoms with E-state index in [1.165, 1.54) is 11.1 Å². The third-order valence-corrected chi connectivity index (χ3v) is 3.70. The zero-order valence-electron chi connectivity index (χ0n) is 12.3. The van der Waals surface area contributed by atoms with Crippen molar-refractivity contribution in [2.75, 3.05) is 19.5 Å². The van der Waals surface area contributed by atoms with E-state index in [-0.39, 0.29) is 0 Å². The molecule has 0 radical (unpaired) electrons. The van der Waals surface area contributed by atoms with E-state index in [0.717, 1.165) is 29.4 Å². The highest BCUT2D eigenvalue weighted by Crippen LogP contribution is 2.27. The summed E-state index contributed by atoms with van der Waals surface area (Å²) in [7, 11) is 3.32. The van der Waals surface area contributed by atoms with Crippen LogP contribution in [0.5, 0.6) is 11.5 Å². The molecular formula is C17H19NO3. The Labute approximate surface area is 124 Å². The van der Waals surface area contributed by atoms with Crippen LogP contribution in [0.25, 0.3) is 0 Å². The SMILES string of the molecule is COc1ccc(CNc2ccc3c(c2)COC3)c(OC)c1. The molecule has 1 heterocycles. The van der Waals surface area contributed by atoms with Crippen molar-refractivity contribution in [2.45, 2.75) is 19.8 Å². The van der Waals surface area contributed by atoms with E-state index in [9.17, 15) is 0 Å². The molecule has 21 heavy (non-hydrogen) atoms. The van der Waals surface area contributed by atoms with Crippen molar-refractivity contribution in [3.8, 4) is 11.5 Å². The Morgan fingerprint density at radius 1 is 1.00 bits per heavy atom. The maximum Gasteiger partial charge on any atom is 0.127 e. The second-order valence-corrected chi connectivity index (χ2v) is 5.01. The predicted octanol–water partition coefficient (Wildman–Crippen LogP) is 3.35. The Balaban J connectivity index is 1.72. The number of hydrogen-bond donors (Lipinski definition) is 1. The fraction of sp³-hybridized carbons (Fsp3) is 0.294. The molecule has 2 aromatic carbocycles. The first kappa shape index (κ1) is 13.8. The van der Waals surface area contributed by atoms with E-state index in [0.29, 0.717) is 13.2 Å². The molecule has 0 bridgehead atoms. The van der Waals surface area contributed by atoms with Crippen molar-refractivity contribution in [1.82, 2.24) is 0 Å². The normalized spacial score (nSPS) is 12.9. The topological polar surface area (TPSA) is 39.7 Å². The lowest BCUT2D eigenvalue weighted by Gasteiger charge is -2.12. The summed E-state index contributed by atoms with van der Waals surface area (Å²) < 4.78 is 16.1. The molecule has 0 saturated heterocycles. The molecule has 0 amide bonds. The van der Waals surface area contributed by atoms with Gasteiger partial charge < -0.3 is 19.5 Å². The van der Waals surface area contributed by atoms with Crippen LogP contribution in [0.1, 0.15) is 16.7 Å². The zero-order chi connectivity index (χ0) is 14.7. The first-order valence-corrected chi connectivity index (χ1v) is 6.94. The van der Waals surface area contributed by atoms with Gasteiger partial charge in [-0.15, -0.1) is 0 Å². The van der Waals surface area contributed by atoms with Gasteiger partial charge >= 0.3 is 0 Å². The highest BCUT2D eigenvalue weighted by atomic mass is 16.5. The Hall–Kier alpha value is -2.20. The Morgan fingerprint density at radius 3 is 2.67 bits per heavy atom. The van der Waals surface area contributed by atoms with Crippen LogP contribution in [-0.2, 0) is 24.5 Å². The minimum Gasteiger partial charge on any atom is -0.497 e. The summed E-state index contributed by atoms with van der Waals surface area (Å²) in [6, 6.07) is 12.2. The smallest absolute Gasteiger partial charge is 0.127 e. The molecule has 4 nitrogen and oxygen atoms in total. The molecule has 2 aromatic rings. The van der Waals surface area contributed by atoms with Gasteiger partial charge in [-0.2, -0.15) is 0 Å². The molecular weight excluding hydrogens is 266 g/mol. The van der Waals surface area contributed by atoms with Gasteiger partial charge in [0, 0.05) is 23.9 Å². The highest BCUT2D eigenvalue weighted by Gasteiger charge is 2.11. The summed E-state index contributed by atoms with van der Waals surface area (Å²) in [5.41, 5.74) is 4.73. The molecule has 1 N–H and O–H groups in total. The summed E-state index contributed by atoms with van der Waals surface area (Å²) in [6.07, 6.45) is 0. The largest absolute Gasteiger partial charge is 0.497 e. The monoisotopic (exact) mass is 285 g/mol. The van der Waals surface area contributed by atoms with Gasteiger partial charge in [0.15, 0.2) is 0 Å². The maximum atomic E-state index is 5.43. The van der Waals surface area contributed by atoms with E-state index in [1.807, 2.05) is 18.2 Å². The quantitative estimate of drug-likeness (QED) is 0.914. The number of anilines is 1. The molecule has 0 spiro atoms. The lowest BCUT2D eigenvalue weighted by Crippen LogP contribution is -2.02. The number of rotatable bonds is 5. The minimum atomic E-state index is 0.701. The molecule has 1 aliphatic heterocycles. The van der Waals surface area contributed by atoms with Gasteiger partial charge in [0.25, 0.3) is 0 Å². The van der Waals surface area contributed by atoms with Crippen molar-refractivity contribution in [3.05, 3.63) is 53.1 Å². The Bertz CT molecular complexity index is 640. The number of methoxy groups -OCH3 is 2. The van der Waals surface area contributed by atoms with Crippen molar-refractivity contribution in [3.63, 3.8) is 0 Å². The van der Waals surface area contributed by atoms with Crippen molar-refractivity contribution >= 4 is 5.69 Å². The van der Waals surface area contributed by atoms with Crippen LogP contribution in [0.15, 0.2) is 36.4 Å². The van der Waals surface area contributed by atoms with E-state index in [2.05, 4.69) is 23.5 Å². The second-order valence-electron chi connectivity index (χ2n) is 5.01. The second kappa shape index (κ2) is 6.06. The fourth-order valence-corrected chi connectivity index (χ4v) is 2.48. The van der Waals surface area contributed by atoms with Crippen LogP contribution in [0.2, 0.25) is 0 Å². The van der Waals surface area contributed by atoms with Crippen LogP contribution in [0.3, 0.4) is 0 Å². The summed E-state index contributed by atoms with van der Waals surface area (Å²) >= 11 is 0. The molecule has 0 fully saturated rings. The molecule has 3 rings (SSSR count). The molecule has 0 saturated carbocycles. The van der Waals surface area contributed by atoms with Gasteiger partial charge in [-0.25, -0.2) is 0 Å². The lowest BCUT2D eigenvalue weighted by atomic mass is 10.1. The number of benzene rings is 2. The van der Waals surface area contributed by atoms with Crippen molar-refractivity contribution in [1.29, 1.82) is 0 Å². The predicted molar refractivity (Wildman–Crippen MR) is 81.8 cm³/mol. The van der Waals surface area contributed by atoms with Gasteiger partial charge in [0.1, 0.15) is 11.5 Å². The number of fused-ring (bicyclic) bond motifs is 1. The summed E-state index contributed by atoms with van der Waals surface area (Å²) in [5, 5.41) is 3.43. The number of nitrogens with one attached hydrogen (secondary N) is 1. The third-order valence-electron chi connectivity index (χ3n) is 3.70. The molecule has 0 aliphatic carbocycles. The van der Waals surface area contributed by atoms with Crippen LogP contribution < -0.4 is 14.8 Å². The molecule has 110 valence electrons. The average Bonchev–Trinajstić information content (AvgIpc) is 3.00. The third kappa shape index (κ3) is 2.95. The van der Waals surface area contributed by atoms with E-state index in [4.69, 9.17) is 14.2 Å². The molecule has 0 aromatic heterocycles. The van der Waals surface area contributed by atoms with Crippen LogP contribution in [0.4, 0.5) is 5.69 Å². The Kier molecular flexibility index (Phi) is 3.97. The van der Waals surface area contributed by atoms with Crippen molar-refractivity contribution < 1.29 is 14.2 Å². The van der Waals surface area contributed by atoms with Gasteiger partial charge in [-0.1, -0.05) is 6.07 Å². The van der Waals surface area contributed by atoms with Crippen LogP contribution >= 0.6 is 0 Å². The lowest BCUT2D eigenvalue weighted by molar-refractivity contribution is 0.134. The maximum absolute atomic E-state index is 5.43. The summed E-state index contributed by atoms with van der Waals surface area (Å²) in [6.45, 7) is 2.13. The number of ether oxygens (including phenoxy) is 3. The highest BCUT2D eigenvalue weighted by molar-refractivity contribution is 5.51. The summed E-state index contributed by atoms with van der Waals surface area (Å²) in [4.78, 5) is 0. The first-order valence-electron chi connectivity index (χ1n) is 6.94. The number of hydrogen-bond acceptors (Lipinski definition) is 4. The van der Waals surface area contributed by atoms with Gasteiger partial charge in [0.2, 0.25) is 0 Å². The summed E-state index contributed by atoms with van der Waals surface area (Å²) in [5.74, 6) is 1.62. The minimum absolute atomic E-state index is 0.701. The van der Waals surface area contributed by atoms with E-state index < -0.39 is 0 Å². The van der Waals surface area contributed by atoms with Crippen LogP contribution in [0, 0.1) is 0 Å². The standard InChI is InChI=1S/C17H19NO3/c1-19-16-6-4-12(17(8-16)20-2)9-18-15-5-3-13-10-21-11-14(13)7-15/h3-8,18H,9-11H2,1-2H3. The molecule has 0 unspecified atom stereocenters. The van der Waals surface area contributed by atoms with Gasteiger partial charge in [-0.3, -0.25) is 0 Å². The van der Waals surface area contributed by atoms with Gasteiger partial charge in [-0.05, 0) is 35.4 Å². The molecule has 1 aliphatic rings. The zero-order valence-corrected chi connectivity index (χ0v) is 12.3. The van der Waals surface area contributed by atoms with E-state index >= 15 is 0 Å². The Morgan fingerprint density at radius 2 is 1.86 bits per heavy atom. The van der Waals surface area contributed by atoms with Crippen LogP contribution in [-0.4, -0.2) is 14.2 Å². The van der Waals surface area contributed by atoms with Crippen molar-refractivity contribution in [2.24, 2.45) is 0 Å².